The van der Waals surface area contributed by atoms with E-state index in [0.717, 1.165) is 53.8 Å². The van der Waals surface area contributed by atoms with Gasteiger partial charge in [0.25, 0.3) is 5.91 Å². The molecule has 2 heterocycles. The maximum atomic E-state index is 12.2. The quantitative estimate of drug-likeness (QED) is 0.659. The number of hydrogen-bond donors (Lipinski definition) is 2. The van der Waals surface area contributed by atoms with Crippen LogP contribution in [0.15, 0.2) is 42.5 Å². The summed E-state index contributed by atoms with van der Waals surface area (Å²) in [7, 11) is 0. The first-order chi connectivity index (χ1) is 13.7. The second-order valence-electron chi connectivity index (χ2n) is 6.73. The molecule has 7 heteroatoms. The highest BCUT2D eigenvalue weighted by molar-refractivity contribution is 7.22. The number of ether oxygens (including phenoxy) is 1. The molecule has 1 aliphatic rings. The van der Waals surface area contributed by atoms with E-state index in [4.69, 9.17) is 4.74 Å². The Morgan fingerprint density at radius 2 is 1.96 bits per heavy atom. The number of nitrogens with one attached hydrogen (secondary N) is 2. The van der Waals surface area contributed by atoms with Crippen LogP contribution in [0, 0.1) is 0 Å². The molecule has 4 rings (SSSR count). The lowest BCUT2D eigenvalue weighted by atomic mass is 10.2. The van der Waals surface area contributed by atoms with Crippen LogP contribution in [0.2, 0.25) is 0 Å². The standard InChI is InChI=1S/C21H24N4O2S/c1-2-9-22-20(26)15-3-8-18-19(14-15)28-21(24-18)23-16-4-6-17(7-5-16)25-10-12-27-13-11-25/h3-8,14H,2,9-13H2,1H3,(H,22,26)(H,23,24). The third kappa shape index (κ3) is 4.26. The van der Waals surface area contributed by atoms with Crippen molar-refractivity contribution < 1.29 is 9.53 Å². The van der Waals surface area contributed by atoms with Crippen LogP contribution in [0.4, 0.5) is 16.5 Å². The zero-order chi connectivity index (χ0) is 19.3. The van der Waals surface area contributed by atoms with Crippen LogP contribution in [0.3, 0.4) is 0 Å². The molecule has 0 bridgehead atoms. The van der Waals surface area contributed by atoms with E-state index in [0.29, 0.717) is 12.1 Å². The molecule has 3 aromatic rings. The summed E-state index contributed by atoms with van der Waals surface area (Å²) in [6, 6.07) is 14.0. The van der Waals surface area contributed by atoms with Gasteiger partial charge >= 0.3 is 0 Å². The minimum Gasteiger partial charge on any atom is -0.378 e. The van der Waals surface area contributed by atoms with Crippen LogP contribution in [0.25, 0.3) is 10.2 Å². The predicted octanol–water partition coefficient (Wildman–Crippen LogP) is 4.02. The molecule has 146 valence electrons. The second-order valence-corrected chi connectivity index (χ2v) is 7.76. The molecule has 0 atom stereocenters. The fourth-order valence-electron chi connectivity index (χ4n) is 3.16. The Morgan fingerprint density at radius 3 is 2.71 bits per heavy atom. The summed E-state index contributed by atoms with van der Waals surface area (Å²) in [6.07, 6.45) is 0.924. The Balaban J connectivity index is 1.46. The molecule has 0 radical (unpaired) electrons. The lowest BCUT2D eigenvalue weighted by Crippen LogP contribution is -2.36. The fraction of sp³-hybridized carbons (Fsp3) is 0.333. The number of benzene rings is 2. The van der Waals surface area contributed by atoms with Gasteiger partial charge < -0.3 is 20.3 Å². The number of thiazole rings is 1. The van der Waals surface area contributed by atoms with Gasteiger partial charge in [0, 0.05) is 36.6 Å². The van der Waals surface area contributed by atoms with E-state index < -0.39 is 0 Å². The van der Waals surface area contributed by atoms with Crippen molar-refractivity contribution in [1.82, 2.24) is 10.3 Å². The van der Waals surface area contributed by atoms with Crippen molar-refractivity contribution >= 4 is 44.0 Å². The van der Waals surface area contributed by atoms with Crippen molar-refractivity contribution in [3.63, 3.8) is 0 Å². The largest absolute Gasteiger partial charge is 0.378 e. The summed E-state index contributed by atoms with van der Waals surface area (Å²) in [4.78, 5) is 19.1. The second kappa shape index (κ2) is 8.58. The molecule has 1 amide bonds. The third-order valence-electron chi connectivity index (χ3n) is 4.68. The Labute approximate surface area is 168 Å². The average molecular weight is 397 g/mol. The lowest BCUT2D eigenvalue weighted by Gasteiger charge is -2.28. The van der Waals surface area contributed by atoms with Gasteiger partial charge in [-0.25, -0.2) is 4.98 Å². The molecule has 2 N–H and O–H groups in total. The first-order valence-electron chi connectivity index (χ1n) is 9.61. The van der Waals surface area contributed by atoms with E-state index in [-0.39, 0.29) is 5.91 Å². The molecule has 0 aliphatic carbocycles. The number of morpholine rings is 1. The van der Waals surface area contributed by atoms with Gasteiger partial charge in [0.2, 0.25) is 0 Å². The van der Waals surface area contributed by atoms with E-state index in [1.807, 2.05) is 25.1 Å². The zero-order valence-electron chi connectivity index (χ0n) is 15.9. The zero-order valence-corrected chi connectivity index (χ0v) is 16.7. The van der Waals surface area contributed by atoms with Gasteiger partial charge in [0.15, 0.2) is 5.13 Å². The molecule has 1 fully saturated rings. The van der Waals surface area contributed by atoms with Crippen molar-refractivity contribution in [1.29, 1.82) is 0 Å². The molecular formula is C21H24N4O2S. The molecule has 1 saturated heterocycles. The minimum absolute atomic E-state index is 0.0367. The number of amides is 1. The number of carbonyl (C=O) groups excluding carboxylic acids is 1. The number of carbonyl (C=O) groups is 1. The summed E-state index contributed by atoms with van der Waals surface area (Å²) < 4.78 is 6.41. The molecule has 0 saturated carbocycles. The highest BCUT2D eigenvalue weighted by Crippen LogP contribution is 2.30. The van der Waals surface area contributed by atoms with Crippen molar-refractivity contribution in [2.45, 2.75) is 13.3 Å². The maximum absolute atomic E-state index is 12.2. The summed E-state index contributed by atoms with van der Waals surface area (Å²) in [6.45, 7) is 6.15. The number of aromatic nitrogens is 1. The van der Waals surface area contributed by atoms with Crippen LogP contribution >= 0.6 is 11.3 Å². The molecule has 0 unspecified atom stereocenters. The van der Waals surface area contributed by atoms with Crippen molar-refractivity contribution in [3.8, 4) is 0 Å². The molecule has 28 heavy (non-hydrogen) atoms. The van der Waals surface area contributed by atoms with E-state index in [1.165, 1.54) is 5.69 Å². The van der Waals surface area contributed by atoms with Crippen molar-refractivity contribution in [2.24, 2.45) is 0 Å². The van der Waals surface area contributed by atoms with E-state index >= 15 is 0 Å². The smallest absolute Gasteiger partial charge is 0.251 e. The van der Waals surface area contributed by atoms with Crippen LogP contribution in [-0.4, -0.2) is 43.7 Å². The van der Waals surface area contributed by atoms with Crippen LogP contribution < -0.4 is 15.5 Å². The monoisotopic (exact) mass is 396 g/mol. The maximum Gasteiger partial charge on any atom is 0.251 e. The van der Waals surface area contributed by atoms with Crippen LogP contribution in [0.5, 0.6) is 0 Å². The molecule has 1 aliphatic heterocycles. The van der Waals surface area contributed by atoms with E-state index in [9.17, 15) is 4.79 Å². The fourth-order valence-corrected chi connectivity index (χ4v) is 4.09. The Hall–Kier alpha value is -2.64. The number of rotatable bonds is 6. The number of nitrogens with zero attached hydrogens (tertiary/aromatic N) is 2. The number of fused-ring (bicyclic) bond motifs is 1. The molecule has 6 nitrogen and oxygen atoms in total. The van der Waals surface area contributed by atoms with Gasteiger partial charge in [0.1, 0.15) is 0 Å². The first-order valence-corrected chi connectivity index (χ1v) is 10.4. The van der Waals surface area contributed by atoms with Crippen molar-refractivity contribution in [3.05, 3.63) is 48.0 Å². The lowest BCUT2D eigenvalue weighted by molar-refractivity contribution is 0.0954. The van der Waals surface area contributed by atoms with Gasteiger partial charge in [-0.2, -0.15) is 0 Å². The van der Waals surface area contributed by atoms with Gasteiger partial charge in [-0.1, -0.05) is 18.3 Å². The summed E-state index contributed by atoms with van der Waals surface area (Å²) in [5.74, 6) is -0.0367. The number of hydrogen-bond acceptors (Lipinski definition) is 6. The molecule has 0 spiro atoms. The van der Waals surface area contributed by atoms with Crippen LogP contribution in [0.1, 0.15) is 23.7 Å². The van der Waals surface area contributed by atoms with Crippen molar-refractivity contribution in [2.75, 3.05) is 43.1 Å². The summed E-state index contributed by atoms with van der Waals surface area (Å²) in [5.41, 5.74) is 3.77. The van der Waals surface area contributed by atoms with Gasteiger partial charge in [-0.15, -0.1) is 0 Å². The Kier molecular flexibility index (Phi) is 5.73. The van der Waals surface area contributed by atoms with E-state index in [2.05, 4.69) is 44.8 Å². The first kappa shape index (κ1) is 18.7. The summed E-state index contributed by atoms with van der Waals surface area (Å²) in [5, 5.41) is 7.10. The highest BCUT2D eigenvalue weighted by atomic mass is 32.1. The van der Waals surface area contributed by atoms with Gasteiger partial charge in [-0.05, 0) is 48.9 Å². The average Bonchev–Trinajstić information content (AvgIpc) is 3.14. The van der Waals surface area contributed by atoms with Gasteiger partial charge in [0.05, 0.1) is 23.4 Å². The van der Waals surface area contributed by atoms with Crippen LogP contribution in [-0.2, 0) is 4.74 Å². The Bertz CT molecular complexity index is 949. The number of anilines is 3. The van der Waals surface area contributed by atoms with E-state index in [1.54, 1.807) is 11.3 Å². The Morgan fingerprint density at radius 1 is 1.18 bits per heavy atom. The van der Waals surface area contributed by atoms with Gasteiger partial charge in [-0.3, -0.25) is 4.79 Å². The molecule has 1 aromatic heterocycles. The molecular weight excluding hydrogens is 372 g/mol. The SMILES string of the molecule is CCCNC(=O)c1ccc2nc(Nc3ccc(N4CCOCC4)cc3)sc2c1. The minimum atomic E-state index is -0.0367. The highest BCUT2D eigenvalue weighted by Gasteiger charge is 2.12. The molecule has 2 aromatic carbocycles. The topological polar surface area (TPSA) is 66.5 Å². The normalized spacial score (nSPS) is 14.2. The predicted molar refractivity (Wildman–Crippen MR) is 115 cm³/mol. The third-order valence-corrected chi connectivity index (χ3v) is 5.61. The summed E-state index contributed by atoms with van der Waals surface area (Å²) >= 11 is 1.55.